The van der Waals surface area contributed by atoms with E-state index in [0.717, 1.165) is 72.0 Å². The number of hydroxylamine groups is 1. The first kappa shape index (κ1) is 38.4. The number of nitrogens with zero attached hydrogens (tertiary/aromatic N) is 8. The van der Waals surface area contributed by atoms with Gasteiger partial charge in [0.25, 0.3) is 5.91 Å². The number of imidazole rings is 1. The normalized spacial score (nSPS) is 21.4. The Hall–Kier alpha value is -6.52. The average molecular weight is 839 g/mol. The van der Waals surface area contributed by atoms with Crippen molar-refractivity contribution >= 4 is 33.8 Å². The lowest BCUT2D eigenvalue weighted by atomic mass is 9.91. The zero-order chi connectivity index (χ0) is 42.6. The third kappa shape index (κ3) is 5.86. The molecule has 4 aliphatic rings. The van der Waals surface area contributed by atoms with Crippen molar-refractivity contribution in [2.75, 3.05) is 19.8 Å². The number of aryl methyl sites for hydroxylation is 3. The van der Waals surface area contributed by atoms with Crippen molar-refractivity contribution in [2.45, 2.75) is 77.0 Å². The number of amides is 2. The lowest BCUT2D eigenvalue weighted by Gasteiger charge is -2.31. The Bertz CT molecular complexity index is 3020. The summed E-state index contributed by atoms with van der Waals surface area (Å²) in [6.45, 7) is 7.54. The van der Waals surface area contributed by atoms with Gasteiger partial charge < -0.3 is 19.0 Å². The van der Waals surface area contributed by atoms with Crippen LogP contribution in [0.15, 0.2) is 78.0 Å². The lowest BCUT2D eigenvalue weighted by Crippen LogP contribution is -2.49. The molecule has 7 heterocycles. The largest absolute Gasteiger partial charge is 0.427 e. The molecule has 7 aromatic rings. The van der Waals surface area contributed by atoms with E-state index < -0.39 is 17.8 Å². The Morgan fingerprint density at radius 3 is 2.47 bits per heavy atom. The van der Waals surface area contributed by atoms with Crippen molar-refractivity contribution in [1.82, 2.24) is 49.0 Å². The molecule has 0 radical (unpaired) electrons. The molecule has 2 saturated heterocycles. The molecule has 62 heavy (non-hydrogen) atoms. The summed E-state index contributed by atoms with van der Waals surface area (Å²) >= 11 is 0. The summed E-state index contributed by atoms with van der Waals surface area (Å²) in [5.74, 6) is 0.530. The summed E-state index contributed by atoms with van der Waals surface area (Å²) in [5, 5.41) is 14.3. The molecule has 3 atom stereocenters. The summed E-state index contributed by atoms with van der Waals surface area (Å²) in [5.41, 5.74) is 9.20. The highest BCUT2D eigenvalue weighted by atomic mass is 19.1. The van der Waals surface area contributed by atoms with Gasteiger partial charge in [0.05, 0.1) is 40.9 Å². The lowest BCUT2D eigenvalue weighted by molar-refractivity contribution is 0.0708. The number of nitrogens with one attached hydrogen (secondary N) is 2. The monoisotopic (exact) mass is 838 g/mol. The van der Waals surface area contributed by atoms with Crippen LogP contribution in [-0.4, -0.2) is 76.1 Å². The van der Waals surface area contributed by atoms with Crippen LogP contribution in [0, 0.1) is 25.6 Å². The van der Waals surface area contributed by atoms with Gasteiger partial charge in [-0.1, -0.05) is 19.4 Å². The Labute approximate surface area is 355 Å². The van der Waals surface area contributed by atoms with E-state index in [9.17, 15) is 9.59 Å². The fourth-order valence-corrected chi connectivity index (χ4v) is 10.4. The van der Waals surface area contributed by atoms with Gasteiger partial charge in [0.2, 0.25) is 0 Å². The second-order valence-corrected chi connectivity index (χ2v) is 17.3. The molecule has 11 rings (SSSR count). The van der Waals surface area contributed by atoms with Crippen LogP contribution in [0.4, 0.5) is 9.18 Å². The predicted octanol–water partition coefficient (Wildman–Crippen LogP) is 6.20. The van der Waals surface area contributed by atoms with E-state index in [2.05, 4.69) is 45.6 Å². The first-order valence-electron chi connectivity index (χ1n) is 21.4. The van der Waals surface area contributed by atoms with Gasteiger partial charge in [-0.3, -0.25) is 23.9 Å². The van der Waals surface area contributed by atoms with E-state index in [1.807, 2.05) is 36.2 Å². The smallest absolute Gasteiger partial charge is 0.381 e. The second-order valence-electron chi connectivity index (χ2n) is 17.3. The van der Waals surface area contributed by atoms with Crippen LogP contribution in [0.1, 0.15) is 77.0 Å². The third-order valence-electron chi connectivity index (χ3n) is 13.8. The number of hydrogen-bond donors (Lipinski definition) is 2. The SMILES string of the molecule is CC[C@H]1C[C@]1(C1NOC(=O)N1)n1c(C(=O)N2CCc3nn(-c4cc(C)c(F)c(C)c4)c(-n4ccn(-c5ccc6c(cnn6C)c5)c4=O)c3C2)cc2cc(C3CCOCC3)ccc21. The molecule has 15 nitrogen and oxygen atoms in total. The van der Waals surface area contributed by atoms with E-state index >= 15 is 9.18 Å². The number of carbonyl (C=O) groups excluding carboxylic acids is 2. The minimum atomic E-state index is -0.655. The van der Waals surface area contributed by atoms with Gasteiger partial charge in [0.1, 0.15) is 23.5 Å². The van der Waals surface area contributed by atoms with Gasteiger partial charge >= 0.3 is 11.8 Å². The molecule has 16 heteroatoms. The fourth-order valence-electron chi connectivity index (χ4n) is 10.4. The number of rotatable bonds is 8. The van der Waals surface area contributed by atoms with Crippen molar-refractivity contribution in [3.63, 3.8) is 0 Å². The Morgan fingerprint density at radius 1 is 0.952 bits per heavy atom. The Kier molecular flexibility index (Phi) is 8.84. The zero-order valence-electron chi connectivity index (χ0n) is 35.0. The molecule has 3 fully saturated rings. The molecule has 1 aliphatic carbocycles. The van der Waals surface area contributed by atoms with Gasteiger partial charge in [-0.15, -0.1) is 5.48 Å². The molecule has 1 saturated carbocycles. The Balaban J connectivity index is 1.03. The van der Waals surface area contributed by atoms with Crippen LogP contribution in [0.3, 0.4) is 0 Å². The van der Waals surface area contributed by atoms with Gasteiger partial charge in [-0.25, -0.2) is 18.7 Å². The van der Waals surface area contributed by atoms with E-state index in [0.29, 0.717) is 52.9 Å². The maximum absolute atomic E-state index is 15.4. The predicted molar refractivity (Wildman–Crippen MR) is 228 cm³/mol. The molecule has 2 amide bonds. The number of aromatic nitrogens is 7. The minimum Gasteiger partial charge on any atom is -0.381 e. The molecule has 318 valence electrons. The molecular weight excluding hydrogens is 792 g/mol. The molecule has 0 spiro atoms. The van der Waals surface area contributed by atoms with Crippen molar-refractivity contribution in [1.29, 1.82) is 0 Å². The van der Waals surface area contributed by atoms with Crippen molar-refractivity contribution in [3.05, 3.63) is 123 Å². The van der Waals surface area contributed by atoms with Crippen LogP contribution < -0.4 is 16.5 Å². The summed E-state index contributed by atoms with van der Waals surface area (Å²) in [7, 11) is 1.87. The third-order valence-corrected chi connectivity index (χ3v) is 13.8. The van der Waals surface area contributed by atoms with E-state index in [1.54, 1.807) is 63.1 Å². The molecule has 0 bridgehead atoms. The maximum Gasteiger partial charge on any atom is 0.427 e. The molecule has 2 N–H and O–H groups in total. The van der Waals surface area contributed by atoms with Crippen LogP contribution >= 0.6 is 0 Å². The first-order valence-corrected chi connectivity index (χ1v) is 21.4. The van der Waals surface area contributed by atoms with Crippen molar-refractivity contribution in [3.8, 4) is 17.2 Å². The quantitative estimate of drug-likeness (QED) is 0.184. The topological polar surface area (TPSA) is 147 Å². The van der Waals surface area contributed by atoms with E-state index in [4.69, 9.17) is 14.7 Å². The minimum absolute atomic E-state index is 0.162. The molecule has 1 unspecified atom stereocenters. The van der Waals surface area contributed by atoms with Gasteiger partial charge in [-0.05, 0) is 110 Å². The number of hydrogen-bond acceptors (Lipinski definition) is 8. The molecule has 3 aromatic carbocycles. The van der Waals surface area contributed by atoms with E-state index in [-0.39, 0.29) is 29.9 Å². The first-order chi connectivity index (χ1) is 30.0. The number of ether oxygens (including phenoxy) is 1. The van der Waals surface area contributed by atoms with Gasteiger partial charge in [-0.2, -0.15) is 10.2 Å². The maximum atomic E-state index is 15.4. The summed E-state index contributed by atoms with van der Waals surface area (Å²) in [6, 6.07) is 17.7. The Morgan fingerprint density at radius 2 is 1.73 bits per heavy atom. The van der Waals surface area contributed by atoms with Crippen LogP contribution in [-0.2, 0) is 35.1 Å². The van der Waals surface area contributed by atoms with Gasteiger partial charge in [0.15, 0.2) is 0 Å². The highest BCUT2D eigenvalue weighted by Crippen LogP contribution is 2.57. The standard InChI is InChI=1S/C46H47FN10O5/c1-5-32-23-46(32,43-49-44(59)62-51-43)56-38-8-6-29(28-11-16-61-17-12-28)20-30(38)22-39(56)42(58)53-13-10-36-35(25-53)41(57(50-36)34-18-26(2)40(47)27(3)19-34)55-15-14-54(45(55)60)33-7-9-37-31(21-33)24-48-52(37)4/h6-9,14-15,18-22,24,28,32,43,51H,5,10-13,16-17,23,25H2,1-4H3,(H,49,59)/t32-,43?,46-/m0/s1. The highest BCUT2D eigenvalue weighted by Gasteiger charge is 2.63. The molecular formula is C46H47FN10O5. The van der Waals surface area contributed by atoms with Crippen molar-refractivity contribution < 1.29 is 23.6 Å². The summed E-state index contributed by atoms with van der Waals surface area (Å²) < 4.78 is 29.5. The number of halogens is 1. The van der Waals surface area contributed by atoms with Crippen LogP contribution in [0.25, 0.3) is 39.0 Å². The highest BCUT2D eigenvalue weighted by molar-refractivity contribution is 5.99. The van der Waals surface area contributed by atoms with Gasteiger partial charge in [0, 0.05) is 67.5 Å². The number of benzene rings is 3. The average Bonchev–Trinajstić information content (AvgIpc) is 3.85. The zero-order valence-corrected chi connectivity index (χ0v) is 35.0. The molecule has 3 aliphatic heterocycles. The fraction of sp³-hybridized carbons (Fsp3) is 0.370. The summed E-state index contributed by atoms with van der Waals surface area (Å²) in [4.78, 5) is 49.5. The number of fused-ring (bicyclic) bond motifs is 3. The summed E-state index contributed by atoms with van der Waals surface area (Å²) in [6.07, 6.45) is 7.98. The second kappa shape index (κ2) is 14.3. The van der Waals surface area contributed by atoms with Crippen LogP contribution in [0.5, 0.6) is 0 Å². The number of carbonyl (C=O) groups is 2. The van der Waals surface area contributed by atoms with E-state index in [1.165, 1.54) is 5.56 Å². The molecule has 4 aromatic heterocycles. The van der Waals surface area contributed by atoms with Crippen LogP contribution in [0.2, 0.25) is 0 Å². The van der Waals surface area contributed by atoms with Crippen molar-refractivity contribution in [2.24, 2.45) is 13.0 Å².